The average molecular weight is 456 g/mol. The maximum atomic E-state index is 12.2. The van der Waals surface area contributed by atoms with Crippen molar-refractivity contribution in [3.8, 4) is 0 Å². The second-order valence-electron chi connectivity index (χ2n) is 7.89. The highest BCUT2D eigenvalue weighted by Gasteiger charge is 2.48. The van der Waals surface area contributed by atoms with Crippen LogP contribution in [0.2, 0.25) is 5.02 Å². The molecule has 10 nitrogen and oxygen atoms in total. The monoisotopic (exact) mass is 455 g/mol. The molecule has 0 spiro atoms. The van der Waals surface area contributed by atoms with E-state index in [1.807, 2.05) is 27.1 Å². The third kappa shape index (κ3) is 4.92. The molecule has 0 radical (unpaired) electrons. The molecule has 4 rings (SSSR count). The fourth-order valence-electron chi connectivity index (χ4n) is 3.56. The van der Waals surface area contributed by atoms with Gasteiger partial charge in [-0.1, -0.05) is 25.4 Å². The van der Waals surface area contributed by atoms with Gasteiger partial charge in [-0.3, -0.25) is 4.68 Å². The van der Waals surface area contributed by atoms with E-state index < -0.39 is 11.0 Å². The van der Waals surface area contributed by atoms with Gasteiger partial charge >= 0.3 is 0 Å². The number of anilines is 3. The van der Waals surface area contributed by atoms with E-state index in [0.29, 0.717) is 41.7 Å². The van der Waals surface area contributed by atoms with Crippen molar-refractivity contribution in [3.05, 3.63) is 23.6 Å². The first-order valence-electron chi connectivity index (χ1n) is 9.81. The van der Waals surface area contributed by atoms with Gasteiger partial charge < -0.3 is 20.1 Å². The van der Waals surface area contributed by atoms with Crippen molar-refractivity contribution in [2.45, 2.75) is 38.1 Å². The van der Waals surface area contributed by atoms with Crippen LogP contribution in [0.15, 0.2) is 18.6 Å². The van der Waals surface area contributed by atoms with E-state index in [9.17, 15) is 4.21 Å². The Morgan fingerprint density at radius 1 is 1.27 bits per heavy atom. The topological polar surface area (TPSA) is 115 Å². The number of ether oxygens (including phenoxy) is 2. The van der Waals surface area contributed by atoms with Gasteiger partial charge in [0.1, 0.15) is 17.2 Å². The standard InChI is InChI=1S/C18H26ClN7O3S/c1-10(2)9-30(27)25-14-8-29-15-13(7-28-16(14)15)23-17-12(19)5-20-18(24-17)22-11-4-21-26(3)6-11/h4-6,10,13-16,25H,7-9H2,1-3H3,(H2,20,22,23,24). The first-order valence-corrected chi connectivity index (χ1v) is 11.5. The average Bonchev–Trinajstić information content (AvgIpc) is 3.37. The van der Waals surface area contributed by atoms with Gasteiger partial charge in [-0.05, 0) is 5.92 Å². The van der Waals surface area contributed by atoms with Crippen molar-refractivity contribution in [3.63, 3.8) is 0 Å². The van der Waals surface area contributed by atoms with E-state index in [4.69, 9.17) is 21.1 Å². The number of fused-ring (bicyclic) bond motifs is 1. The summed E-state index contributed by atoms with van der Waals surface area (Å²) in [5, 5.41) is 10.9. The number of hydrogen-bond donors (Lipinski definition) is 3. The van der Waals surface area contributed by atoms with E-state index in [1.165, 1.54) is 6.20 Å². The summed E-state index contributed by atoms with van der Waals surface area (Å²) in [6.07, 6.45) is 4.69. The molecule has 2 aliphatic rings. The number of rotatable bonds is 8. The zero-order valence-electron chi connectivity index (χ0n) is 17.0. The molecule has 0 aliphatic carbocycles. The first kappa shape index (κ1) is 21.4. The molecule has 2 fully saturated rings. The number of nitrogens with one attached hydrogen (secondary N) is 3. The van der Waals surface area contributed by atoms with E-state index in [-0.39, 0.29) is 24.3 Å². The maximum Gasteiger partial charge on any atom is 0.229 e. The Morgan fingerprint density at radius 3 is 2.70 bits per heavy atom. The summed E-state index contributed by atoms with van der Waals surface area (Å²) in [5.74, 6) is 1.85. The summed E-state index contributed by atoms with van der Waals surface area (Å²) in [6, 6.07) is -0.232. The predicted molar refractivity (Wildman–Crippen MR) is 115 cm³/mol. The molecule has 0 saturated carbocycles. The lowest BCUT2D eigenvalue weighted by Gasteiger charge is -2.19. The van der Waals surface area contributed by atoms with Gasteiger partial charge in [-0.25, -0.2) is 13.9 Å². The largest absolute Gasteiger partial charge is 0.371 e. The van der Waals surface area contributed by atoms with Crippen molar-refractivity contribution >= 4 is 40.0 Å². The highest BCUT2D eigenvalue weighted by atomic mass is 35.5. The molecule has 12 heteroatoms. The molecular weight excluding hydrogens is 430 g/mol. The number of aromatic nitrogens is 4. The Morgan fingerprint density at radius 2 is 2.00 bits per heavy atom. The van der Waals surface area contributed by atoms with Crippen LogP contribution in [0, 0.1) is 5.92 Å². The molecule has 2 aliphatic heterocycles. The van der Waals surface area contributed by atoms with Crippen LogP contribution in [0.1, 0.15) is 13.8 Å². The van der Waals surface area contributed by atoms with E-state index in [2.05, 4.69) is 30.4 Å². The molecule has 3 N–H and O–H groups in total. The molecule has 0 aromatic carbocycles. The van der Waals surface area contributed by atoms with Crippen molar-refractivity contribution in [2.24, 2.45) is 13.0 Å². The van der Waals surface area contributed by atoms with E-state index in [1.54, 1.807) is 10.9 Å². The van der Waals surface area contributed by atoms with Gasteiger partial charge in [0.25, 0.3) is 0 Å². The third-order valence-electron chi connectivity index (χ3n) is 4.85. The molecule has 164 valence electrons. The zero-order chi connectivity index (χ0) is 21.3. The van der Waals surface area contributed by atoms with E-state index >= 15 is 0 Å². The second-order valence-corrected chi connectivity index (χ2v) is 9.56. The summed E-state index contributed by atoms with van der Waals surface area (Å²) in [5.41, 5.74) is 0.775. The van der Waals surface area contributed by atoms with Crippen LogP contribution >= 0.6 is 11.6 Å². The van der Waals surface area contributed by atoms with Crippen LogP contribution in [-0.4, -0.2) is 67.2 Å². The smallest absolute Gasteiger partial charge is 0.229 e. The van der Waals surface area contributed by atoms with Crippen LogP contribution in [0.3, 0.4) is 0 Å². The van der Waals surface area contributed by atoms with Gasteiger partial charge in [-0.15, -0.1) is 0 Å². The Hall–Kier alpha value is -1.79. The third-order valence-corrected chi connectivity index (χ3v) is 6.66. The van der Waals surface area contributed by atoms with Crippen molar-refractivity contribution in [1.82, 2.24) is 24.5 Å². The lowest BCUT2D eigenvalue weighted by Crippen LogP contribution is -2.43. The van der Waals surface area contributed by atoms with Crippen molar-refractivity contribution in [2.75, 3.05) is 29.6 Å². The van der Waals surface area contributed by atoms with Gasteiger partial charge in [0.05, 0.1) is 54.4 Å². The summed E-state index contributed by atoms with van der Waals surface area (Å²) >= 11 is 6.30. The van der Waals surface area contributed by atoms with Crippen LogP contribution in [0.4, 0.5) is 17.5 Å². The summed E-state index contributed by atoms with van der Waals surface area (Å²) in [4.78, 5) is 8.69. The predicted octanol–water partition coefficient (Wildman–Crippen LogP) is 1.46. The Labute approximate surface area is 182 Å². The second kappa shape index (κ2) is 9.15. The minimum absolute atomic E-state index is 0.106. The van der Waals surface area contributed by atoms with Gasteiger partial charge in [-0.2, -0.15) is 10.1 Å². The quantitative estimate of drug-likeness (QED) is 0.548. The van der Waals surface area contributed by atoms with Gasteiger partial charge in [0, 0.05) is 19.0 Å². The minimum Gasteiger partial charge on any atom is -0.371 e. The zero-order valence-corrected chi connectivity index (χ0v) is 18.6. The lowest BCUT2D eigenvalue weighted by atomic mass is 10.1. The normalized spacial score (nSPS) is 26.7. The maximum absolute atomic E-state index is 12.2. The number of hydrogen-bond acceptors (Lipinski definition) is 8. The SMILES string of the molecule is CC(C)CS(=O)NC1COC2C(Nc3nc(Nc4cnn(C)c4)ncc3Cl)COC12. The molecule has 30 heavy (non-hydrogen) atoms. The Bertz CT molecular complexity index is 912. The van der Waals surface area contributed by atoms with Gasteiger partial charge in [0.15, 0.2) is 5.82 Å². The molecule has 2 aromatic rings. The highest BCUT2D eigenvalue weighted by Crippen LogP contribution is 2.31. The Balaban J connectivity index is 1.39. The lowest BCUT2D eigenvalue weighted by molar-refractivity contribution is 0.0691. The molecule has 5 unspecified atom stereocenters. The highest BCUT2D eigenvalue weighted by molar-refractivity contribution is 7.83. The number of halogens is 1. The summed E-state index contributed by atoms with van der Waals surface area (Å²) < 4.78 is 29.0. The first-order chi connectivity index (χ1) is 14.4. The molecule has 5 atom stereocenters. The van der Waals surface area contributed by atoms with Crippen LogP contribution in [0.5, 0.6) is 0 Å². The number of aryl methyl sites for hydroxylation is 1. The number of nitrogens with zero attached hydrogens (tertiary/aromatic N) is 4. The summed E-state index contributed by atoms with van der Waals surface area (Å²) in [7, 11) is 0.722. The molecule has 0 amide bonds. The van der Waals surface area contributed by atoms with Crippen molar-refractivity contribution < 1.29 is 13.7 Å². The summed E-state index contributed by atoms with van der Waals surface area (Å²) in [6.45, 7) is 4.98. The molecule has 4 heterocycles. The molecule has 0 bridgehead atoms. The van der Waals surface area contributed by atoms with Crippen molar-refractivity contribution in [1.29, 1.82) is 0 Å². The minimum atomic E-state index is -1.11. The molecule has 2 aromatic heterocycles. The molecular formula is C18H26ClN7O3S. The van der Waals surface area contributed by atoms with Crippen LogP contribution < -0.4 is 15.4 Å². The van der Waals surface area contributed by atoms with E-state index in [0.717, 1.165) is 5.69 Å². The van der Waals surface area contributed by atoms with Gasteiger partial charge in [0.2, 0.25) is 5.95 Å². The van der Waals surface area contributed by atoms with Crippen LogP contribution in [-0.2, 0) is 27.5 Å². The fourth-order valence-corrected chi connectivity index (χ4v) is 4.95. The molecule has 2 saturated heterocycles. The fraction of sp³-hybridized carbons (Fsp3) is 0.611. The Kier molecular flexibility index (Phi) is 6.54. The van der Waals surface area contributed by atoms with Crippen LogP contribution in [0.25, 0.3) is 0 Å².